The van der Waals surface area contributed by atoms with Crippen molar-refractivity contribution in [2.24, 2.45) is 0 Å². The fourth-order valence-corrected chi connectivity index (χ4v) is 3.52. The summed E-state index contributed by atoms with van der Waals surface area (Å²) < 4.78 is 6.74. The number of amides is 1. The van der Waals surface area contributed by atoms with Crippen molar-refractivity contribution in [3.05, 3.63) is 60.2 Å². The average Bonchev–Trinajstić information content (AvgIpc) is 3.08. The highest BCUT2D eigenvalue weighted by Gasteiger charge is 2.22. The molecule has 0 radical (unpaired) electrons. The Morgan fingerprint density at radius 1 is 1.11 bits per heavy atom. The van der Waals surface area contributed by atoms with E-state index in [0.717, 1.165) is 11.1 Å². The smallest absolute Gasteiger partial charge is 0.233 e. The van der Waals surface area contributed by atoms with Crippen LogP contribution in [0.4, 0.5) is 0 Å². The number of nitrogen functional groups attached to an aromatic ring is 1. The van der Waals surface area contributed by atoms with E-state index in [1.54, 1.807) is 7.11 Å². The van der Waals surface area contributed by atoms with Crippen molar-refractivity contribution in [1.82, 2.24) is 20.2 Å². The number of hydrogen-bond acceptors (Lipinski definition) is 6. The van der Waals surface area contributed by atoms with E-state index < -0.39 is 0 Å². The molecule has 2 aromatic carbocycles. The average molecular weight is 398 g/mol. The second-order valence-electron chi connectivity index (χ2n) is 6.28. The summed E-state index contributed by atoms with van der Waals surface area (Å²) >= 11 is 1.26. The molecular formula is C20H23N5O2S. The zero-order chi connectivity index (χ0) is 20.1. The van der Waals surface area contributed by atoms with E-state index in [0.29, 0.717) is 16.7 Å². The van der Waals surface area contributed by atoms with Gasteiger partial charge in [0.05, 0.1) is 24.0 Å². The summed E-state index contributed by atoms with van der Waals surface area (Å²) in [5.74, 6) is 7.22. The van der Waals surface area contributed by atoms with Gasteiger partial charge in [-0.05, 0) is 31.5 Å². The van der Waals surface area contributed by atoms with E-state index in [2.05, 4.69) is 15.5 Å². The van der Waals surface area contributed by atoms with Crippen LogP contribution in [0.3, 0.4) is 0 Å². The van der Waals surface area contributed by atoms with Gasteiger partial charge >= 0.3 is 0 Å². The summed E-state index contributed by atoms with van der Waals surface area (Å²) in [7, 11) is 1.59. The highest BCUT2D eigenvalue weighted by molar-refractivity contribution is 8.00. The lowest BCUT2D eigenvalue weighted by atomic mass is 10.1. The molecule has 0 spiro atoms. The van der Waals surface area contributed by atoms with Crippen LogP contribution in [0.25, 0.3) is 11.4 Å². The summed E-state index contributed by atoms with van der Waals surface area (Å²) in [5, 5.41) is 11.4. The number of nitrogens with one attached hydrogen (secondary N) is 1. The van der Waals surface area contributed by atoms with Gasteiger partial charge in [0.1, 0.15) is 5.75 Å². The minimum Gasteiger partial charge on any atom is -0.496 e. The Kier molecular flexibility index (Phi) is 6.20. The van der Waals surface area contributed by atoms with E-state index in [-0.39, 0.29) is 17.2 Å². The molecule has 0 saturated carbocycles. The Hall–Kier alpha value is -3.00. The summed E-state index contributed by atoms with van der Waals surface area (Å²) in [6.45, 7) is 3.77. The highest BCUT2D eigenvalue weighted by atomic mass is 32.2. The monoisotopic (exact) mass is 397 g/mol. The number of ether oxygens (including phenoxy) is 1. The summed E-state index contributed by atoms with van der Waals surface area (Å²) in [5.41, 5.74) is 1.79. The first-order chi connectivity index (χ1) is 13.5. The normalized spacial score (nSPS) is 13.0. The van der Waals surface area contributed by atoms with Crippen molar-refractivity contribution in [2.45, 2.75) is 30.3 Å². The molecule has 7 nitrogen and oxygen atoms in total. The molecule has 0 aliphatic carbocycles. The number of methoxy groups -OCH3 is 1. The van der Waals surface area contributed by atoms with Crippen LogP contribution in [0.1, 0.15) is 25.5 Å². The second kappa shape index (κ2) is 8.79. The third-order valence-corrected chi connectivity index (χ3v) is 5.38. The van der Waals surface area contributed by atoms with Crippen LogP contribution >= 0.6 is 11.8 Å². The first-order valence-corrected chi connectivity index (χ1v) is 9.75. The van der Waals surface area contributed by atoms with Crippen LogP contribution < -0.4 is 15.9 Å². The molecule has 28 heavy (non-hydrogen) atoms. The molecule has 3 rings (SSSR count). The fourth-order valence-electron chi connectivity index (χ4n) is 2.74. The molecule has 1 aromatic heterocycles. The lowest BCUT2D eigenvalue weighted by molar-refractivity contribution is -0.120. The summed E-state index contributed by atoms with van der Waals surface area (Å²) in [4.78, 5) is 12.6. The molecule has 0 aliphatic rings. The number of benzene rings is 2. The third-order valence-electron chi connectivity index (χ3n) is 4.32. The number of carbonyl (C=O) groups excluding carboxylic acids is 1. The summed E-state index contributed by atoms with van der Waals surface area (Å²) in [6.07, 6.45) is 0. The van der Waals surface area contributed by atoms with E-state index in [4.69, 9.17) is 10.6 Å². The first-order valence-electron chi connectivity index (χ1n) is 8.87. The zero-order valence-electron chi connectivity index (χ0n) is 16.0. The molecule has 0 aliphatic heterocycles. The zero-order valence-corrected chi connectivity index (χ0v) is 16.8. The molecule has 146 valence electrons. The second-order valence-corrected chi connectivity index (χ2v) is 7.59. The van der Waals surface area contributed by atoms with Gasteiger partial charge < -0.3 is 15.9 Å². The quantitative estimate of drug-likeness (QED) is 0.470. The number of nitrogens with two attached hydrogens (primary N) is 1. The van der Waals surface area contributed by atoms with E-state index in [1.807, 2.05) is 68.4 Å². The lowest BCUT2D eigenvalue weighted by Gasteiger charge is -2.17. The Labute approximate surface area is 168 Å². The van der Waals surface area contributed by atoms with E-state index in [9.17, 15) is 4.79 Å². The molecule has 3 aromatic rings. The highest BCUT2D eigenvalue weighted by Crippen LogP contribution is 2.30. The van der Waals surface area contributed by atoms with Crippen molar-refractivity contribution in [3.63, 3.8) is 0 Å². The third kappa shape index (κ3) is 4.28. The molecule has 0 fully saturated rings. The van der Waals surface area contributed by atoms with Gasteiger partial charge in [0.25, 0.3) is 0 Å². The van der Waals surface area contributed by atoms with Crippen LogP contribution in [0, 0.1) is 0 Å². The Morgan fingerprint density at radius 2 is 1.79 bits per heavy atom. The van der Waals surface area contributed by atoms with Crippen LogP contribution in [-0.2, 0) is 4.79 Å². The number of carbonyl (C=O) groups is 1. The first kappa shape index (κ1) is 19.8. The van der Waals surface area contributed by atoms with Gasteiger partial charge in [-0.15, -0.1) is 10.2 Å². The standard InChI is InChI=1S/C20H23N5O2S/c1-13(15-9-5-4-6-10-15)22-19(26)14(2)28-20-24-23-18(25(20)21)16-11-7-8-12-17(16)27-3/h4-14H,21H2,1-3H3,(H,22,26). The summed E-state index contributed by atoms with van der Waals surface area (Å²) in [6, 6.07) is 17.2. The predicted molar refractivity (Wildman–Crippen MR) is 110 cm³/mol. The molecule has 2 unspecified atom stereocenters. The van der Waals surface area contributed by atoms with Crippen LogP contribution in [0.15, 0.2) is 59.8 Å². The Morgan fingerprint density at radius 3 is 2.50 bits per heavy atom. The largest absolute Gasteiger partial charge is 0.496 e. The molecule has 3 N–H and O–H groups in total. The molecular weight excluding hydrogens is 374 g/mol. The molecule has 1 heterocycles. The van der Waals surface area contributed by atoms with Crippen molar-refractivity contribution in [1.29, 1.82) is 0 Å². The Bertz CT molecular complexity index is 945. The molecule has 0 bridgehead atoms. The van der Waals surface area contributed by atoms with E-state index in [1.165, 1.54) is 16.4 Å². The number of aromatic nitrogens is 3. The van der Waals surface area contributed by atoms with Crippen LogP contribution in [0.2, 0.25) is 0 Å². The molecule has 0 saturated heterocycles. The molecule has 2 atom stereocenters. The number of rotatable bonds is 7. The van der Waals surface area contributed by atoms with Crippen molar-refractivity contribution in [3.8, 4) is 17.1 Å². The fraction of sp³-hybridized carbons (Fsp3) is 0.250. The van der Waals surface area contributed by atoms with E-state index >= 15 is 0 Å². The maximum atomic E-state index is 12.6. The minimum atomic E-state index is -0.386. The number of thioether (sulfide) groups is 1. The number of para-hydroxylation sites is 1. The van der Waals surface area contributed by atoms with Gasteiger partial charge in [-0.3, -0.25) is 4.79 Å². The van der Waals surface area contributed by atoms with Gasteiger partial charge in [0.2, 0.25) is 11.1 Å². The van der Waals surface area contributed by atoms with Crippen molar-refractivity contribution >= 4 is 17.7 Å². The molecule has 1 amide bonds. The SMILES string of the molecule is COc1ccccc1-c1nnc(SC(C)C(=O)NC(C)c2ccccc2)n1N. The maximum Gasteiger partial charge on any atom is 0.233 e. The van der Waals surface area contributed by atoms with Crippen LogP contribution in [0.5, 0.6) is 5.75 Å². The van der Waals surface area contributed by atoms with Crippen LogP contribution in [-0.4, -0.2) is 33.1 Å². The van der Waals surface area contributed by atoms with Crippen molar-refractivity contribution < 1.29 is 9.53 Å². The number of hydrogen-bond donors (Lipinski definition) is 2. The molecule has 8 heteroatoms. The van der Waals surface area contributed by atoms with Crippen molar-refractivity contribution in [2.75, 3.05) is 13.0 Å². The van der Waals surface area contributed by atoms with Gasteiger partial charge in [0.15, 0.2) is 5.82 Å². The van der Waals surface area contributed by atoms with Gasteiger partial charge in [-0.1, -0.05) is 54.2 Å². The maximum absolute atomic E-state index is 12.6. The Balaban J connectivity index is 1.70. The topological polar surface area (TPSA) is 95.1 Å². The van der Waals surface area contributed by atoms with Gasteiger partial charge in [0, 0.05) is 0 Å². The van der Waals surface area contributed by atoms with Gasteiger partial charge in [-0.2, -0.15) is 0 Å². The minimum absolute atomic E-state index is 0.0864. The number of nitrogens with zero attached hydrogens (tertiary/aromatic N) is 3. The van der Waals surface area contributed by atoms with Gasteiger partial charge in [-0.25, -0.2) is 4.68 Å². The predicted octanol–water partition coefficient (Wildman–Crippen LogP) is 3.03. The lowest BCUT2D eigenvalue weighted by Crippen LogP contribution is -2.33.